The number of anilines is 1. The lowest BCUT2D eigenvalue weighted by Crippen LogP contribution is -2.28. The van der Waals surface area contributed by atoms with Crippen molar-refractivity contribution in [2.75, 3.05) is 24.5 Å². The number of nitrogens with one attached hydrogen (secondary N) is 2. The summed E-state index contributed by atoms with van der Waals surface area (Å²) < 4.78 is 48.7. The van der Waals surface area contributed by atoms with Gasteiger partial charge in [-0.2, -0.15) is 0 Å². The van der Waals surface area contributed by atoms with E-state index in [0.29, 0.717) is 30.5 Å². The number of esters is 1. The van der Waals surface area contributed by atoms with Crippen molar-refractivity contribution < 1.29 is 36.6 Å². The average Bonchev–Trinajstić information content (AvgIpc) is 3.35. The van der Waals surface area contributed by atoms with Crippen LogP contribution in [0.25, 0.3) is 0 Å². The van der Waals surface area contributed by atoms with E-state index in [1.807, 2.05) is 0 Å². The van der Waals surface area contributed by atoms with Gasteiger partial charge in [0.15, 0.2) is 18.1 Å². The minimum absolute atomic E-state index is 0.01000. The predicted octanol–water partition coefficient (Wildman–Crippen LogP) is 2.32. The van der Waals surface area contributed by atoms with Gasteiger partial charge >= 0.3 is 5.97 Å². The van der Waals surface area contributed by atoms with Crippen LogP contribution >= 0.6 is 0 Å². The molecule has 172 valence electrons. The minimum Gasteiger partial charge on any atom is -0.486 e. The molecular weight excluding hydrogens is 452 g/mol. The second-order valence-corrected chi connectivity index (χ2v) is 8.60. The Kier molecular flexibility index (Phi) is 6.50. The summed E-state index contributed by atoms with van der Waals surface area (Å²) in [5.41, 5.74) is 0.411. The van der Waals surface area contributed by atoms with Crippen LogP contribution in [0.2, 0.25) is 0 Å². The standard InChI is InChI=1S/C22H20N2O8S/c25-21(23-13-17-2-1-9-29-17)14-32-22(26)15-3-5-16(6-4-15)24-33(27,28)18-7-8-19-20(12-18)31-11-10-30-19/h1-9,12,24H,10-11,13-14H2,(H,23,25). The van der Waals surface area contributed by atoms with Gasteiger partial charge in [-0.1, -0.05) is 0 Å². The number of amides is 1. The van der Waals surface area contributed by atoms with Crippen molar-refractivity contribution in [1.82, 2.24) is 5.32 Å². The van der Waals surface area contributed by atoms with Gasteiger partial charge in [0.25, 0.3) is 15.9 Å². The highest BCUT2D eigenvalue weighted by atomic mass is 32.2. The zero-order valence-electron chi connectivity index (χ0n) is 17.3. The minimum atomic E-state index is -3.89. The van der Waals surface area contributed by atoms with Crippen molar-refractivity contribution >= 4 is 27.6 Å². The lowest BCUT2D eigenvalue weighted by atomic mass is 10.2. The van der Waals surface area contributed by atoms with E-state index >= 15 is 0 Å². The van der Waals surface area contributed by atoms with Crippen LogP contribution in [0.3, 0.4) is 0 Å². The third-order valence-electron chi connectivity index (χ3n) is 4.57. The van der Waals surface area contributed by atoms with E-state index in [2.05, 4.69) is 10.0 Å². The van der Waals surface area contributed by atoms with Gasteiger partial charge in [0, 0.05) is 11.8 Å². The van der Waals surface area contributed by atoms with E-state index in [9.17, 15) is 18.0 Å². The Hall–Kier alpha value is -3.99. The number of benzene rings is 2. The Labute approximate surface area is 189 Å². The Bertz CT molecular complexity index is 1240. The number of hydrogen-bond donors (Lipinski definition) is 2. The second-order valence-electron chi connectivity index (χ2n) is 6.92. The van der Waals surface area contributed by atoms with Crippen molar-refractivity contribution in [3.63, 3.8) is 0 Å². The van der Waals surface area contributed by atoms with E-state index in [0.717, 1.165) is 0 Å². The second kappa shape index (κ2) is 9.65. The van der Waals surface area contributed by atoms with Gasteiger partial charge in [0.05, 0.1) is 23.3 Å². The van der Waals surface area contributed by atoms with Crippen LogP contribution < -0.4 is 19.5 Å². The van der Waals surface area contributed by atoms with Gasteiger partial charge < -0.3 is 23.9 Å². The zero-order valence-corrected chi connectivity index (χ0v) is 18.1. The molecule has 0 bridgehead atoms. The molecule has 0 saturated carbocycles. The number of ether oxygens (including phenoxy) is 3. The lowest BCUT2D eigenvalue weighted by Gasteiger charge is -2.19. The highest BCUT2D eigenvalue weighted by Crippen LogP contribution is 2.32. The summed E-state index contributed by atoms with van der Waals surface area (Å²) >= 11 is 0. The van der Waals surface area contributed by atoms with Gasteiger partial charge in [0.1, 0.15) is 19.0 Å². The van der Waals surface area contributed by atoms with Crippen LogP contribution in [0, 0.1) is 0 Å². The van der Waals surface area contributed by atoms with Gasteiger partial charge in [-0.15, -0.1) is 0 Å². The molecule has 1 aliphatic rings. The highest BCUT2D eigenvalue weighted by Gasteiger charge is 2.20. The fraction of sp³-hybridized carbons (Fsp3) is 0.182. The van der Waals surface area contributed by atoms with E-state index in [1.165, 1.54) is 48.7 Å². The van der Waals surface area contributed by atoms with E-state index < -0.39 is 28.5 Å². The summed E-state index contributed by atoms with van der Waals surface area (Å²) in [5.74, 6) is 0.213. The number of hydrogen-bond acceptors (Lipinski definition) is 8. The fourth-order valence-corrected chi connectivity index (χ4v) is 4.02. The van der Waals surface area contributed by atoms with Crippen molar-refractivity contribution in [3.8, 4) is 11.5 Å². The molecule has 0 radical (unpaired) electrons. The summed E-state index contributed by atoms with van der Waals surface area (Å²) in [6.07, 6.45) is 1.49. The van der Waals surface area contributed by atoms with Crippen LogP contribution in [0.15, 0.2) is 70.2 Å². The normalized spacial score (nSPS) is 12.6. The Balaban J connectivity index is 1.32. The van der Waals surface area contributed by atoms with E-state index in [-0.39, 0.29) is 22.7 Å². The smallest absolute Gasteiger partial charge is 0.338 e. The maximum Gasteiger partial charge on any atom is 0.338 e. The Morgan fingerprint density at radius 3 is 2.45 bits per heavy atom. The topological polar surface area (TPSA) is 133 Å². The first-order chi connectivity index (χ1) is 15.9. The first-order valence-corrected chi connectivity index (χ1v) is 11.4. The molecule has 3 aromatic rings. The SMILES string of the molecule is O=C(COC(=O)c1ccc(NS(=O)(=O)c2ccc3c(c2)OCCO3)cc1)NCc1ccco1. The first-order valence-electron chi connectivity index (χ1n) is 9.89. The largest absolute Gasteiger partial charge is 0.486 e. The molecule has 0 fully saturated rings. The van der Waals surface area contributed by atoms with Crippen LogP contribution in [0.1, 0.15) is 16.1 Å². The molecule has 2 heterocycles. The summed E-state index contributed by atoms with van der Waals surface area (Å²) in [6, 6.07) is 13.4. The third kappa shape index (κ3) is 5.63. The van der Waals surface area contributed by atoms with Crippen molar-refractivity contribution in [2.45, 2.75) is 11.4 Å². The lowest BCUT2D eigenvalue weighted by molar-refractivity contribution is -0.124. The van der Waals surface area contributed by atoms with Crippen molar-refractivity contribution in [1.29, 1.82) is 0 Å². The van der Waals surface area contributed by atoms with Gasteiger partial charge in [0.2, 0.25) is 0 Å². The number of furan rings is 1. The Morgan fingerprint density at radius 2 is 1.73 bits per heavy atom. The average molecular weight is 472 g/mol. The van der Waals surface area contributed by atoms with Crippen LogP contribution in [-0.4, -0.2) is 40.1 Å². The molecule has 0 aliphatic carbocycles. The zero-order chi connectivity index (χ0) is 23.3. The van der Waals surface area contributed by atoms with Crippen LogP contribution in [-0.2, 0) is 26.1 Å². The number of fused-ring (bicyclic) bond motifs is 1. The molecule has 4 rings (SSSR count). The molecule has 0 spiro atoms. The molecule has 2 N–H and O–H groups in total. The van der Waals surface area contributed by atoms with E-state index in [1.54, 1.807) is 12.1 Å². The fourth-order valence-electron chi connectivity index (χ4n) is 2.94. The number of rotatable bonds is 8. The highest BCUT2D eigenvalue weighted by molar-refractivity contribution is 7.92. The summed E-state index contributed by atoms with van der Waals surface area (Å²) in [6.45, 7) is 0.467. The molecule has 1 amide bonds. The maximum absolute atomic E-state index is 12.7. The van der Waals surface area contributed by atoms with Crippen LogP contribution in [0.4, 0.5) is 5.69 Å². The molecule has 10 nitrogen and oxygen atoms in total. The maximum atomic E-state index is 12.7. The molecule has 0 atom stereocenters. The first kappa shape index (κ1) is 22.2. The third-order valence-corrected chi connectivity index (χ3v) is 5.95. The molecule has 1 aromatic heterocycles. The molecule has 33 heavy (non-hydrogen) atoms. The Morgan fingerprint density at radius 1 is 0.970 bits per heavy atom. The number of sulfonamides is 1. The number of carbonyl (C=O) groups excluding carboxylic acids is 2. The summed E-state index contributed by atoms with van der Waals surface area (Å²) in [7, 11) is -3.89. The van der Waals surface area contributed by atoms with Crippen molar-refractivity contribution in [2.24, 2.45) is 0 Å². The summed E-state index contributed by atoms with van der Waals surface area (Å²) in [4.78, 5) is 23.9. The monoisotopic (exact) mass is 472 g/mol. The molecule has 0 saturated heterocycles. The van der Waals surface area contributed by atoms with Gasteiger partial charge in [-0.3, -0.25) is 9.52 Å². The number of carbonyl (C=O) groups is 2. The van der Waals surface area contributed by atoms with Gasteiger partial charge in [-0.05, 0) is 48.5 Å². The summed E-state index contributed by atoms with van der Waals surface area (Å²) in [5, 5.41) is 2.56. The quantitative estimate of drug-likeness (QED) is 0.477. The van der Waals surface area contributed by atoms with Crippen molar-refractivity contribution in [3.05, 3.63) is 72.2 Å². The van der Waals surface area contributed by atoms with Crippen LogP contribution in [0.5, 0.6) is 11.5 Å². The predicted molar refractivity (Wildman–Crippen MR) is 116 cm³/mol. The van der Waals surface area contributed by atoms with Gasteiger partial charge in [-0.25, -0.2) is 13.2 Å². The molecule has 2 aromatic carbocycles. The molecule has 0 unspecified atom stereocenters. The molecule has 1 aliphatic heterocycles. The molecular formula is C22H20N2O8S. The molecule has 11 heteroatoms. The van der Waals surface area contributed by atoms with E-state index in [4.69, 9.17) is 18.6 Å².